The summed E-state index contributed by atoms with van der Waals surface area (Å²) in [6.07, 6.45) is 0.298. The fourth-order valence-corrected chi connectivity index (χ4v) is 2.28. The van der Waals surface area contributed by atoms with Crippen LogP contribution in [-0.2, 0) is 30.5 Å². The number of methoxy groups -OCH3 is 1. The topological polar surface area (TPSA) is 72.9 Å². The van der Waals surface area contributed by atoms with Crippen LogP contribution in [0.3, 0.4) is 0 Å². The largest absolute Gasteiger partial charge is 0.469 e. The molecule has 6 heteroatoms. The SMILES string of the molecule is CC[C@H](C)[C@@H](C(=O)OCc1ccccc1)N(C)C(=O)CC(=O)OC. The van der Waals surface area contributed by atoms with Crippen LogP contribution in [0.5, 0.6) is 0 Å². The Morgan fingerprint density at radius 1 is 1.17 bits per heavy atom. The minimum atomic E-state index is -0.740. The molecule has 1 aromatic rings. The third-order valence-electron chi connectivity index (χ3n) is 3.98. The van der Waals surface area contributed by atoms with E-state index in [9.17, 15) is 14.4 Å². The molecule has 24 heavy (non-hydrogen) atoms. The quantitative estimate of drug-likeness (QED) is 0.538. The lowest BCUT2D eigenvalue weighted by Crippen LogP contribution is -2.47. The highest BCUT2D eigenvalue weighted by atomic mass is 16.5. The summed E-state index contributed by atoms with van der Waals surface area (Å²) in [6.45, 7) is 3.95. The Kier molecular flexibility index (Phi) is 7.95. The molecule has 0 saturated carbocycles. The normalized spacial score (nSPS) is 12.8. The molecule has 1 amide bonds. The summed E-state index contributed by atoms with van der Waals surface area (Å²) < 4.78 is 9.87. The van der Waals surface area contributed by atoms with Gasteiger partial charge in [0, 0.05) is 7.05 Å². The van der Waals surface area contributed by atoms with Crippen LogP contribution in [0.1, 0.15) is 32.3 Å². The van der Waals surface area contributed by atoms with Crippen LogP contribution in [0.2, 0.25) is 0 Å². The van der Waals surface area contributed by atoms with Gasteiger partial charge < -0.3 is 14.4 Å². The van der Waals surface area contributed by atoms with Crippen molar-refractivity contribution in [3.8, 4) is 0 Å². The molecule has 0 aliphatic carbocycles. The standard InChI is InChI=1S/C18H25NO5/c1-5-13(2)17(19(3)15(20)11-16(21)23-4)18(22)24-12-14-9-7-6-8-10-14/h6-10,13,17H,5,11-12H2,1-4H3/t13-,17-/m0/s1. The number of amides is 1. The van der Waals surface area contributed by atoms with Crippen LogP contribution in [0, 0.1) is 5.92 Å². The van der Waals surface area contributed by atoms with Crippen LogP contribution in [-0.4, -0.2) is 42.9 Å². The minimum Gasteiger partial charge on any atom is -0.469 e. The van der Waals surface area contributed by atoms with Gasteiger partial charge in [0.25, 0.3) is 0 Å². The van der Waals surface area contributed by atoms with E-state index in [1.807, 2.05) is 44.2 Å². The molecule has 0 heterocycles. The summed E-state index contributed by atoms with van der Waals surface area (Å²) in [5.41, 5.74) is 0.872. The predicted molar refractivity (Wildman–Crippen MR) is 88.9 cm³/mol. The number of rotatable bonds is 8. The Labute approximate surface area is 142 Å². The maximum atomic E-state index is 12.5. The zero-order chi connectivity index (χ0) is 18.1. The first-order chi connectivity index (χ1) is 11.4. The number of hydrogen-bond acceptors (Lipinski definition) is 5. The van der Waals surface area contributed by atoms with Gasteiger partial charge in [-0.25, -0.2) is 4.79 Å². The van der Waals surface area contributed by atoms with Gasteiger partial charge in [-0.1, -0.05) is 50.6 Å². The Bertz CT molecular complexity index is 558. The molecule has 0 unspecified atom stereocenters. The lowest BCUT2D eigenvalue weighted by molar-refractivity contribution is -0.159. The molecule has 1 aromatic carbocycles. The molecular weight excluding hydrogens is 310 g/mol. The molecule has 0 aliphatic heterocycles. The molecule has 0 saturated heterocycles. The van der Waals surface area contributed by atoms with E-state index in [2.05, 4.69) is 4.74 Å². The molecular formula is C18H25NO5. The zero-order valence-corrected chi connectivity index (χ0v) is 14.7. The summed E-state index contributed by atoms with van der Waals surface area (Å²) in [6, 6.07) is 8.58. The van der Waals surface area contributed by atoms with Gasteiger partial charge in [-0.05, 0) is 11.5 Å². The summed E-state index contributed by atoms with van der Waals surface area (Å²) in [5, 5.41) is 0. The van der Waals surface area contributed by atoms with Crippen molar-refractivity contribution in [1.82, 2.24) is 4.90 Å². The van der Waals surface area contributed by atoms with Crippen molar-refractivity contribution in [3.63, 3.8) is 0 Å². The second-order valence-electron chi connectivity index (χ2n) is 5.68. The Balaban J connectivity index is 2.77. The summed E-state index contributed by atoms with van der Waals surface area (Å²) in [7, 11) is 2.72. The minimum absolute atomic E-state index is 0.0973. The van der Waals surface area contributed by atoms with Crippen molar-refractivity contribution >= 4 is 17.8 Å². The van der Waals surface area contributed by atoms with Gasteiger partial charge >= 0.3 is 11.9 Å². The van der Waals surface area contributed by atoms with Crippen LogP contribution in [0.25, 0.3) is 0 Å². The van der Waals surface area contributed by atoms with Gasteiger partial charge in [0.15, 0.2) is 0 Å². The van der Waals surface area contributed by atoms with Crippen molar-refractivity contribution in [3.05, 3.63) is 35.9 Å². The Hall–Kier alpha value is -2.37. The highest BCUT2D eigenvalue weighted by Gasteiger charge is 2.33. The van der Waals surface area contributed by atoms with Crippen molar-refractivity contribution in [2.45, 2.75) is 39.3 Å². The summed E-state index contributed by atoms with van der Waals surface area (Å²) in [4.78, 5) is 37.2. The molecule has 0 fully saturated rings. The third kappa shape index (κ3) is 5.68. The summed E-state index contributed by atoms with van der Waals surface area (Å²) in [5.74, 6) is -1.68. The number of benzene rings is 1. The average molecular weight is 335 g/mol. The van der Waals surface area contributed by atoms with Gasteiger partial charge in [-0.15, -0.1) is 0 Å². The molecule has 0 N–H and O–H groups in total. The first kappa shape index (κ1) is 19.7. The molecule has 0 radical (unpaired) electrons. The van der Waals surface area contributed by atoms with Crippen molar-refractivity contribution < 1.29 is 23.9 Å². The molecule has 1 rings (SSSR count). The lowest BCUT2D eigenvalue weighted by Gasteiger charge is -2.30. The number of ether oxygens (including phenoxy) is 2. The van der Waals surface area contributed by atoms with E-state index in [4.69, 9.17) is 4.74 Å². The highest BCUT2D eigenvalue weighted by Crippen LogP contribution is 2.17. The number of carbonyl (C=O) groups excluding carboxylic acids is 3. The summed E-state index contributed by atoms with van der Waals surface area (Å²) >= 11 is 0. The van der Waals surface area contributed by atoms with Crippen LogP contribution < -0.4 is 0 Å². The highest BCUT2D eigenvalue weighted by molar-refractivity contribution is 5.96. The van der Waals surface area contributed by atoms with E-state index in [1.165, 1.54) is 19.1 Å². The van der Waals surface area contributed by atoms with Crippen LogP contribution in [0.15, 0.2) is 30.3 Å². The second kappa shape index (κ2) is 9.70. The van der Waals surface area contributed by atoms with Gasteiger partial charge in [-0.2, -0.15) is 0 Å². The fourth-order valence-electron chi connectivity index (χ4n) is 2.28. The molecule has 132 valence electrons. The number of hydrogen-bond donors (Lipinski definition) is 0. The first-order valence-corrected chi connectivity index (χ1v) is 7.93. The first-order valence-electron chi connectivity index (χ1n) is 7.93. The smallest absolute Gasteiger partial charge is 0.329 e. The van der Waals surface area contributed by atoms with E-state index in [1.54, 1.807) is 0 Å². The monoisotopic (exact) mass is 335 g/mol. The van der Waals surface area contributed by atoms with Gasteiger partial charge in [0.1, 0.15) is 19.1 Å². The van der Waals surface area contributed by atoms with E-state index in [0.29, 0.717) is 6.42 Å². The predicted octanol–water partition coefficient (Wildman–Crippen LogP) is 2.17. The molecule has 0 aliphatic rings. The third-order valence-corrected chi connectivity index (χ3v) is 3.98. The maximum Gasteiger partial charge on any atom is 0.329 e. The van der Waals surface area contributed by atoms with E-state index < -0.39 is 30.3 Å². The molecule has 0 spiro atoms. The zero-order valence-electron chi connectivity index (χ0n) is 14.7. The second-order valence-corrected chi connectivity index (χ2v) is 5.68. The number of nitrogens with zero attached hydrogens (tertiary/aromatic N) is 1. The number of carbonyl (C=O) groups is 3. The molecule has 2 atom stereocenters. The van der Waals surface area contributed by atoms with Gasteiger partial charge in [-0.3, -0.25) is 9.59 Å². The number of esters is 2. The Morgan fingerprint density at radius 2 is 1.79 bits per heavy atom. The molecule has 0 bridgehead atoms. The lowest BCUT2D eigenvalue weighted by atomic mass is 9.97. The number of likely N-dealkylation sites (N-methyl/N-ethyl adjacent to an activating group) is 1. The average Bonchev–Trinajstić information content (AvgIpc) is 2.60. The van der Waals surface area contributed by atoms with E-state index >= 15 is 0 Å². The van der Waals surface area contributed by atoms with E-state index in [0.717, 1.165) is 5.56 Å². The van der Waals surface area contributed by atoms with Crippen molar-refractivity contribution in [2.24, 2.45) is 5.92 Å². The van der Waals surface area contributed by atoms with Gasteiger partial charge in [0.05, 0.1) is 7.11 Å². The van der Waals surface area contributed by atoms with Crippen LogP contribution >= 0.6 is 0 Å². The van der Waals surface area contributed by atoms with Crippen molar-refractivity contribution in [1.29, 1.82) is 0 Å². The van der Waals surface area contributed by atoms with Gasteiger partial charge in [0.2, 0.25) is 5.91 Å². The Morgan fingerprint density at radius 3 is 2.33 bits per heavy atom. The fraction of sp³-hybridized carbons (Fsp3) is 0.500. The molecule has 6 nitrogen and oxygen atoms in total. The van der Waals surface area contributed by atoms with Crippen molar-refractivity contribution in [2.75, 3.05) is 14.2 Å². The maximum absolute atomic E-state index is 12.5. The van der Waals surface area contributed by atoms with Crippen LogP contribution in [0.4, 0.5) is 0 Å². The van der Waals surface area contributed by atoms with E-state index in [-0.39, 0.29) is 12.5 Å². The molecule has 0 aromatic heterocycles.